The lowest BCUT2D eigenvalue weighted by Crippen LogP contribution is -2.39. The number of hydrogen-bond donors (Lipinski definition) is 3. The summed E-state index contributed by atoms with van der Waals surface area (Å²) < 4.78 is 0. The molecule has 3 aromatic rings. The number of piperidine rings is 1. The molecule has 1 saturated heterocycles. The molecule has 10 heteroatoms. The molecule has 0 atom stereocenters. The van der Waals surface area contributed by atoms with Gasteiger partial charge in [-0.2, -0.15) is 15.0 Å². The van der Waals surface area contributed by atoms with E-state index in [1.165, 1.54) is 0 Å². The number of nitrogens with zero attached hydrogens (tertiary/aromatic N) is 4. The Morgan fingerprint density at radius 1 is 0.839 bits per heavy atom. The quantitative estimate of drug-likeness (QED) is 0.503. The molecule has 1 aliphatic heterocycles. The summed E-state index contributed by atoms with van der Waals surface area (Å²) in [4.78, 5) is 27.2. The second kappa shape index (κ2) is 9.36. The van der Waals surface area contributed by atoms with Crippen molar-refractivity contribution in [2.24, 2.45) is 11.7 Å². The second-order valence-electron chi connectivity index (χ2n) is 7.21. The number of nitrogens with one attached hydrogen (secondary N) is 2. The van der Waals surface area contributed by atoms with E-state index in [9.17, 15) is 4.79 Å². The predicted octanol–water partition coefficient (Wildman–Crippen LogP) is 4.37. The molecule has 160 valence electrons. The van der Waals surface area contributed by atoms with E-state index < -0.39 is 0 Å². The molecule has 1 fully saturated rings. The van der Waals surface area contributed by atoms with Gasteiger partial charge in [-0.15, -0.1) is 0 Å². The molecule has 0 aliphatic carbocycles. The van der Waals surface area contributed by atoms with Crippen LogP contribution in [0.2, 0.25) is 10.0 Å². The van der Waals surface area contributed by atoms with Gasteiger partial charge in [0.25, 0.3) is 0 Å². The van der Waals surface area contributed by atoms with Crippen LogP contribution in [0.3, 0.4) is 0 Å². The van der Waals surface area contributed by atoms with E-state index in [0.717, 1.165) is 11.4 Å². The lowest BCUT2D eigenvalue weighted by atomic mass is 9.96. The van der Waals surface area contributed by atoms with Crippen LogP contribution >= 0.6 is 23.2 Å². The van der Waals surface area contributed by atoms with Gasteiger partial charge in [0, 0.05) is 40.4 Å². The summed E-state index contributed by atoms with van der Waals surface area (Å²) in [6.45, 7) is 1.27. The van der Waals surface area contributed by atoms with E-state index in [4.69, 9.17) is 28.9 Å². The highest BCUT2D eigenvalue weighted by molar-refractivity contribution is 6.30. The zero-order chi connectivity index (χ0) is 21.8. The van der Waals surface area contributed by atoms with Gasteiger partial charge in [-0.05, 0) is 61.4 Å². The molecule has 1 amide bonds. The zero-order valence-corrected chi connectivity index (χ0v) is 18.1. The number of nitrogens with two attached hydrogens (primary N) is 1. The van der Waals surface area contributed by atoms with Crippen LogP contribution in [0, 0.1) is 5.92 Å². The smallest absolute Gasteiger partial charge is 0.233 e. The van der Waals surface area contributed by atoms with Crippen LogP contribution in [-0.4, -0.2) is 33.9 Å². The Balaban J connectivity index is 1.60. The van der Waals surface area contributed by atoms with Crippen molar-refractivity contribution in [3.63, 3.8) is 0 Å². The van der Waals surface area contributed by atoms with Gasteiger partial charge in [0.15, 0.2) is 0 Å². The van der Waals surface area contributed by atoms with Gasteiger partial charge in [0.1, 0.15) is 0 Å². The van der Waals surface area contributed by atoms with Gasteiger partial charge in [0.2, 0.25) is 23.8 Å². The van der Waals surface area contributed by atoms with Gasteiger partial charge >= 0.3 is 0 Å². The standard InChI is InChI=1S/C21H21Cl2N7O/c22-14-1-5-16(6-2-14)25-19-27-20(26-17-7-3-15(23)4-8-17)29-21(28-19)30-11-9-13(10-12-30)18(24)31/h1-8,13H,9-12H2,(H2,24,31)(H2,25,26,27,28,29). The van der Waals surface area contributed by atoms with E-state index in [1.54, 1.807) is 24.3 Å². The first-order valence-electron chi connectivity index (χ1n) is 9.82. The Kier molecular flexibility index (Phi) is 6.39. The van der Waals surface area contributed by atoms with Crippen molar-refractivity contribution in [1.82, 2.24) is 15.0 Å². The number of benzene rings is 2. The number of amides is 1. The highest BCUT2D eigenvalue weighted by atomic mass is 35.5. The molecule has 31 heavy (non-hydrogen) atoms. The highest BCUT2D eigenvalue weighted by Crippen LogP contribution is 2.25. The van der Waals surface area contributed by atoms with Crippen molar-refractivity contribution in [1.29, 1.82) is 0 Å². The lowest BCUT2D eigenvalue weighted by Gasteiger charge is -2.30. The molecule has 0 radical (unpaired) electrons. The number of primary amides is 1. The van der Waals surface area contributed by atoms with Crippen LogP contribution in [0.1, 0.15) is 12.8 Å². The molecule has 8 nitrogen and oxygen atoms in total. The van der Waals surface area contributed by atoms with E-state index in [1.807, 2.05) is 29.2 Å². The summed E-state index contributed by atoms with van der Waals surface area (Å²) in [6.07, 6.45) is 1.34. The van der Waals surface area contributed by atoms with E-state index in [2.05, 4.69) is 25.6 Å². The number of rotatable bonds is 6. The lowest BCUT2D eigenvalue weighted by molar-refractivity contribution is -0.122. The van der Waals surface area contributed by atoms with Gasteiger partial charge in [-0.1, -0.05) is 23.2 Å². The fourth-order valence-corrected chi connectivity index (χ4v) is 3.56. The highest BCUT2D eigenvalue weighted by Gasteiger charge is 2.25. The first-order chi connectivity index (χ1) is 15.0. The molecule has 0 saturated carbocycles. The predicted molar refractivity (Wildman–Crippen MR) is 123 cm³/mol. The number of anilines is 5. The number of carbonyl (C=O) groups excluding carboxylic acids is 1. The molecule has 1 aromatic heterocycles. The fourth-order valence-electron chi connectivity index (χ4n) is 3.31. The van der Waals surface area contributed by atoms with Gasteiger partial charge in [0.05, 0.1) is 0 Å². The van der Waals surface area contributed by atoms with Gasteiger partial charge < -0.3 is 21.3 Å². The minimum Gasteiger partial charge on any atom is -0.369 e. The normalized spacial score (nSPS) is 14.3. The Morgan fingerprint density at radius 3 is 1.71 bits per heavy atom. The molecule has 1 aliphatic rings. The zero-order valence-electron chi connectivity index (χ0n) is 16.6. The number of aromatic nitrogens is 3. The molecule has 0 unspecified atom stereocenters. The maximum Gasteiger partial charge on any atom is 0.233 e. The first kappa shape index (κ1) is 21.1. The van der Waals surface area contributed by atoms with Crippen molar-refractivity contribution in [3.05, 3.63) is 58.6 Å². The van der Waals surface area contributed by atoms with Crippen LogP contribution in [0.25, 0.3) is 0 Å². The van der Waals surface area contributed by atoms with Crippen molar-refractivity contribution in [2.45, 2.75) is 12.8 Å². The largest absolute Gasteiger partial charge is 0.369 e. The van der Waals surface area contributed by atoms with E-state index in [0.29, 0.717) is 53.8 Å². The summed E-state index contributed by atoms with van der Waals surface area (Å²) in [5.41, 5.74) is 7.05. The molecule has 0 spiro atoms. The number of halogens is 2. The topological polar surface area (TPSA) is 109 Å². The third-order valence-corrected chi connectivity index (χ3v) is 5.51. The van der Waals surface area contributed by atoms with Crippen molar-refractivity contribution < 1.29 is 4.79 Å². The van der Waals surface area contributed by atoms with E-state index >= 15 is 0 Å². The summed E-state index contributed by atoms with van der Waals surface area (Å²) >= 11 is 11.9. The van der Waals surface area contributed by atoms with E-state index in [-0.39, 0.29) is 11.8 Å². The molecule has 2 aromatic carbocycles. The maximum absolute atomic E-state index is 11.5. The Labute approximate surface area is 189 Å². The summed E-state index contributed by atoms with van der Waals surface area (Å²) in [5, 5.41) is 7.67. The monoisotopic (exact) mass is 457 g/mol. The van der Waals surface area contributed by atoms with Crippen LogP contribution in [0.5, 0.6) is 0 Å². The molecule has 4 N–H and O–H groups in total. The van der Waals surface area contributed by atoms with Crippen LogP contribution in [0.15, 0.2) is 48.5 Å². The average Bonchev–Trinajstić information content (AvgIpc) is 2.77. The Morgan fingerprint density at radius 2 is 1.29 bits per heavy atom. The first-order valence-corrected chi connectivity index (χ1v) is 10.6. The van der Waals surface area contributed by atoms with Gasteiger partial charge in [-0.3, -0.25) is 4.79 Å². The Bertz CT molecular complexity index is 987. The van der Waals surface area contributed by atoms with Gasteiger partial charge in [-0.25, -0.2) is 0 Å². The van der Waals surface area contributed by atoms with Crippen molar-refractivity contribution in [2.75, 3.05) is 28.6 Å². The van der Waals surface area contributed by atoms with Crippen molar-refractivity contribution in [3.8, 4) is 0 Å². The van der Waals surface area contributed by atoms with Crippen LogP contribution in [-0.2, 0) is 4.79 Å². The van der Waals surface area contributed by atoms with Crippen LogP contribution < -0.4 is 21.3 Å². The molecular weight excluding hydrogens is 437 g/mol. The third kappa shape index (κ3) is 5.53. The fraction of sp³-hybridized carbons (Fsp3) is 0.238. The average molecular weight is 458 g/mol. The summed E-state index contributed by atoms with van der Waals surface area (Å²) in [6, 6.07) is 14.5. The number of carbonyl (C=O) groups is 1. The minimum atomic E-state index is -0.259. The number of hydrogen-bond acceptors (Lipinski definition) is 7. The van der Waals surface area contributed by atoms with Crippen molar-refractivity contribution >= 4 is 58.3 Å². The molecular formula is C21H21Cl2N7O. The summed E-state index contributed by atoms with van der Waals surface area (Å²) in [5.74, 6) is 0.925. The minimum absolute atomic E-state index is 0.114. The molecule has 4 rings (SSSR count). The summed E-state index contributed by atoms with van der Waals surface area (Å²) in [7, 11) is 0. The SMILES string of the molecule is NC(=O)C1CCN(c2nc(Nc3ccc(Cl)cc3)nc(Nc3ccc(Cl)cc3)n2)CC1. The maximum atomic E-state index is 11.5. The second-order valence-corrected chi connectivity index (χ2v) is 8.08. The Hall–Kier alpha value is -3.10. The molecule has 0 bridgehead atoms. The molecule has 2 heterocycles. The third-order valence-electron chi connectivity index (χ3n) is 5.00. The van der Waals surface area contributed by atoms with Crippen LogP contribution in [0.4, 0.5) is 29.2 Å².